The van der Waals surface area contributed by atoms with E-state index in [1.807, 2.05) is 4.68 Å². The van der Waals surface area contributed by atoms with Crippen molar-refractivity contribution in [2.45, 2.75) is 38.8 Å². The van der Waals surface area contributed by atoms with Crippen LogP contribution in [0.4, 0.5) is 0 Å². The van der Waals surface area contributed by atoms with Crippen LogP contribution in [-0.2, 0) is 19.4 Å². The van der Waals surface area contributed by atoms with Crippen LogP contribution in [-0.4, -0.2) is 33.6 Å². The molecule has 1 saturated heterocycles. The van der Waals surface area contributed by atoms with Crippen LogP contribution in [0.15, 0.2) is 6.07 Å². The van der Waals surface area contributed by atoms with Gasteiger partial charge in [-0.05, 0) is 19.4 Å². The lowest BCUT2D eigenvalue weighted by atomic mass is 9.91. The van der Waals surface area contributed by atoms with Crippen LogP contribution in [0.5, 0.6) is 0 Å². The fraction of sp³-hybridized carbons (Fsp3) is 0.727. The van der Waals surface area contributed by atoms with E-state index in [0.29, 0.717) is 19.5 Å². The molecule has 1 aliphatic rings. The second-order valence-corrected chi connectivity index (χ2v) is 4.30. The lowest BCUT2D eigenvalue weighted by Crippen LogP contribution is -2.60. The van der Waals surface area contributed by atoms with Gasteiger partial charge in [-0.1, -0.05) is 6.92 Å². The van der Waals surface area contributed by atoms with E-state index in [1.54, 1.807) is 0 Å². The van der Waals surface area contributed by atoms with Crippen molar-refractivity contribution in [2.24, 2.45) is 0 Å². The SMILES string of the molecule is CCc1cc(CC2(O)CNC2)n(CC)n1. The highest BCUT2D eigenvalue weighted by atomic mass is 16.3. The molecule has 0 atom stereocenters. The molecule has 15 heavy (non-hydrogen) atoms. The maximum Gasteiger partial charge on any atom is 0.0950 e. The summed E-state index contributed by atoms with van der Waals surface area (Å²) in [5.74, 6) is 0. The minimum absolute atomic E-state index is 0.544. The van der Waals surface area contributed by atoms with Crippen molar-refractivity contribution in [1.29, 1.82) is 0 Å². The van der Waals surface area contributed by atoms with E-state index in [1.165, 1.54) is 0 Å². The molecule has 1 aromatic rings. The number of hydrogen-bond acceptors (Lipinski definition) is 3. The van der Waals surface area contributed by atoms with E-state index in [9.17, 15) is 5.11 Å². The largest absolute Gasteiger partial charge is 0.387 e. The van der Waals surface area contributed by atoms with Crippen molar-refractivity contribution in [2.75, 3.05) is 13.1 Å². The molecule has 0 aliphatic carbocycles. The van der Waals surface area contributed by atoms with Crippen molar-refractivity contribution >= 4 is 0 Å². The van der Waals surface area contributed by atoms with E-state index in [0.717, 1.165) is 24.4 Å². The molecule has 1 fully saturated rings. The van der Waals surface area contributed by atoms with Gasteiger partial charge in [0.1, 0.15) is 0 Å². The summed E-state index contributed by atoms with van der Waals surface area (Å²) in [4.78, 5) is 0. The highest BCUT2D eigenvalue weighted by Crippen LogP contribution is 2.18. The maximum absolute atomic E-state index is 10.1. The Hall–Kier alpha value is -0.870. The van der Waals surface area contributed by atoms with E-state index in [-0.39, 0.29) is 0 Å². The van der Waals surface area contributed by atoms with Crippen LogP contribution in [0, 0.1) is 0 Å². The lowest BCUT2D eigenvalue weighted by Gasteiger charge is -2.37. The summed E-state index contributed by atoms with van der Waals surface area (Å²) in [5, 5.41) is 17.6. The second-order valence-electron chi connectivity index (χ2n) is 4.30. The lowest BCUT2D eigenvalue weighted by molar-refractivity contribution is -0.0106. The van der Waals surface area contributed by atoms with Gasteiger partial charge in [0.05, 0.1) is 11.3 Å². The number of nitrogens with zero attached hydrogens (tertiary/aromatic N) is 2. The minimum atomic E-state index is -0.544. The van der Waals surface area contributed by atoms with Crippen molar-refractivity contribution in [3.63, 3.8) is 0 Å². The average Bonchev–Trinajstić information content (AvgIpc) is 2.58. The summed E-state index contributed by atoms with van der Waals surface area (Å²) >= 11 is 0. The summed E-state index contributed by atoms with van der Waals surface area (Å²) in [5.41, 5.74) is 1.72. The Morgan fingerprint density at radius 1 is 1.53 bits per heavy atom. The second kappa shape index (κ2) is 3.94. The van der Waals surface area contributed by atoms with Gasteiger partial charge in [0, 0.05) is 31.7 Å². The molecule has 84 valence electrons. The van der Waals surface area contributed by atoms with Crippen LogP contribution in [0.25, 0.3) is 0 Å². The standard InChI is InChI=1S/C11H19N3O/c1-3-9-5-10(14(4-2)13-9)6-11(15)7-12-8-11/h5,12,15H,3-4,6-8H2,1-2H3. The first-order valence-corrected chi connectivity index (χ1v) is 5.65. The van der Waals surface area contributed by atoms with Crippen molar-refractivity contribution < 1.29 is 5.11 Å². The number of rotatable bonds is 4. The molecular weight excluding hydrogens is 190 g/mol. The smallest absolute Gasteiger partial charge is 0.0950 e. The molecule has 1 aliphatic heterocycles. The Bertz CT molecular complexity index is 342. The van der Waals surface area contributed by atoms with Crippen molar-refractivity contribution in [3.8, 4) is 0 Å². The van der Waals surface area contributed by atoms with Gasteiger partial charge in [-0.25, -0.2) is 0 Å². The maximum atomic E-state index is 10.1. The number of aliphatic hydroxyl groups is 1. The first kappa shape index (κ1) is 10.6. The molecular formula is C11H19N3O. The molecule has 0 aromatic carbocycles. The number of aryl methyl sites for hydroxylation is 2. The summed E-state index contributed by atoms with van der Waals surface area (Å²) in [6, 6.07) is 2.11. The van der Waals surface area contributed by atoms with Gasteiger partial charge in [0.15, 0.2) is 0 Å². The van der Waals surface area contributed by atoms with Crippen molar-refractivity contribution in [1.82, 2.24) is 15.1 Å². The first-order chi connectivity index (χ1) is 7.17. The summed E-state index contributed by atoms with van der Waals surface area (Å²) in [6.07, 6.45) is 1.66. The number of nitrogens with one attached hydrogen (secondary N) is 1. The monoisotopic (exact) mass is 209 g/mol. The summed E-state index contributed by atoms with van der Waals surface area (Å²) < 4.78 is 2.00. The zero-order valence-electron chi connectivity index (χ0n) is 9.45. The third kappa shape index (κ3) is 2.06. The molecule has 1 aromatic heterocycles. The molecule has 0 saturated carbocycles. The third-order valence-corrected chi connectivity index (χ3v) is 2.99. The molecule has 2 N–H and O–H groups in total. The highest BCUT2D eigenvalue weighted by molar-refractivity contribution is 5.15. The minimum Gasteiger partial charge on any atom is -0.387 e. The quantitative estimate of drug-likeness (QED) is 0.752. The zero-order chi connectivity index (χ0) is 10.9. The predicted octanol–water partition coefficient (Wildman–Crippen LogP) is 0.342. The van der Waals surface area contributed by atoms with E-state index >= 15 is 0 Å². The van der Waals surface area contributed by atoms with Gasteiger partial charge in [-0.3, -0.25) is 4.68 Å². The Morgan fingerprint density at radius 2 is 2.27 bits per heavy atom. The molecule has 0 amide bonds. The molecule has 0 spiro atoms. The van der Waals surface area contributed by atoms with Gasteiger partial charge in [0.25, 0.3) is 0 Å². The number of aromatic nitrogens is 2. The number of hydrogen-bond donors (Lipinski definition) is 2. The third-order valence-electron chi connectivity index (χ3n) is 2.99. The van der Waals surface area contributed by atoms with Crippen LogP contribution in [0.2, 0.25) is 0 Å². The van der Waals surface area contributed by atoms with Crippen LogP contribution in [0.1, 0.15) is 25.2 Å². The molecule has 4 heteroatoms. The van der Waals surface area contributed by atoms with Gasteiger partial charge < -0.3 is 10.4 Å². The first-order valence-electron chi connectivity index (χ1n) is 5.65. The normalized spacial score (nSPS) is 18.9. The molecule has 0 bridgehead atoms. The summed E-state index contributed by atoms with van der Waals surface area (Å²) in [6.45, 7) is 6.45. The average molecular weight is 209 g/mol. The topological polar surface area (TPSA) is 50.1 Å². The van der Waals surface area contributed by atoms with Crippen LogP contribution >= 0.6 is 0 Å². The predicted molar refractivity (Wildman–Crippen MR) is 58.8 cm³/mol. The Morgan fingerprint density at radius 3 is 2.73 bits per heavy atom. The van der Waals surface area contributed by atoms with Gasteiger partial charge in [-0.2, -0.15) is 5.10 Å². The van der Waals surface area contributed by atoms with E-state index < -0.39 is 5.60 Å². The van der Waals surface area contributed by atoms with Crippen LogP contribution < -0.4 is 5.32 Å². The van der Waals surface area contributed by atoms with Gasteiger partial charge >= 0.3 is 0 Å². The van der Waals surface area contributed by atoms with E-state index in [2.05, 4.69) is 30.3 Å². The Labute approximate surface area is 90.3 Å². The fourth-order valence-electron chi connectivity index (χ4n) is 1.98. The molecule has 2 rings (SSSR count). The molecule has 4 nitrogen and oxygen atoms in total. The van der Waals surface area contributed by atoms with Crippen molar-refractivity contribution in [3.05, 3.63) is 17.5 Å². The number of β-amino-alcohol motifs (C(OH)–C–C–N with tert-alkyl or cyclic N) is 1. The fourth-order valence-corrected chi connectivity index (χ4v) is 1.98. The Kier molecular flexibility index (Phi) is 2.80. The highest BCUT2D eigenvalue weighted by Gasteiger charge is 2.35. The van der Waals surface area contributed by atoms with Gasteiger partial charge in [0.2, 0.25) is 0 Å². The molecule has 2 heterocycles. The van der Waals surface area contributed by atoms with E-state index in [4.69, 9.17) is 0 Å². The Balaban J connectivity index is 2.15. The zero-order valence-corrected chi connectivity index (χ0v) is 9.45. The summed E-state index contributed by atoms with van der Waals surface area (Å²) in [7, 11) is 0. The molecule has 0 radical (unpaired) electrons. The molecule has 0 unspecified atom stereocenters. The van der Waals surface area contributed by atoms with Gasteiger partial charge in [-0.15, -0.1) is 0 Å². The van der Waals surface area contributed by atoms with Crippen LogP contribution in [0.3, 0.4) is 0 Å².